The number of fused-ring (bicyclic) bond motifs is 2. The first-order valence-electron chi connectivity index (χ1n) is 7.74. The maximum absolute atomic E-state index is 13.3. The molecule has 2 aromatic carbocycles. The van der Waals surface area contributed by atoms with Crippen molar-refractivity contribution in [3.8, 4) is 0 Å². The van der Waals surface area contributed by atoms with Crippen LogP contribution >= 0.6 is 11.3 Å². The van der Waals surface area contributed by atoms with E-state index in [-0.39, 0.29) is 17.1 Å². The second-order valence-corrected chi connectivity index (χ2v) is 7.19. The minimum Gasteiger partial charge on any atom is -0.445 e. The highest BCUT2D eigenvalue weighted by Gasteiger charge is 2.42. The van der Waals surface area contributed by atoms with Crippen LogP contribution in [0.4, 0.5) is 13.9 Å². The zero-order valence-electron chi connectivity index (χ0n) is 13.5. The summed E-state index contributed by atoms with van der Waals surface area (Å²) in [6.07, 6.45) is 0.217. The number of nitrogens with zero attached hydrogens (tertiary/aromatic N) is 1. The number of halogens is 2. The molecule has 1 unspecified atom stereocenters. The van der Waals surface area contributed by atoms with Gasteiger partial charge in [0, 0.05) is 12.5 Å². The number of ether oxygens (including phenoxy) is 1. The Labute approximate surface area is 150 Å². The number of rotatable bonds is 2. The molecule has 26 heavy (non-hydrogen) atoms. The lowest BCUT2D eigenvalue weighted by Crippen LogP contribution is -2.48. The van der Waals surface area contributed by atoms with E-state index in [1.807, 2.05) is 0 Å². The molecule has 2 heterocycles. The van der Waals surface area contributed by atoms with Crippen LogP contribution in [0.15, 0.2) is 36.4 Å². The molecule has 1 atom stereocenters. The van der Waals surface area contributed by atoms with Crippen molar-refractivity contribution in [1.29, 1.82) is 0 Å². The molecule has 0 saturated carbocycles. The molecule has 0 fully saturated rings. The van der Waals surface area contributed by atoms with Crippen LogP contribution in [-0.4, -0.2) is 22.5 Å². The van der Waals surface area contributed by atoms with Gasteiger partial charge in [0.05, 0.1) is 15.8 Å². The Kier molecular flexibility index (Phi) is 3.73. The second-order valence-electron chi connectivity index (χ2n) is 6.16. The van der Waals surface area contributed by atoms with Crippen LogP contribution in [0, 0.1) is 11.6 Å². The van der Waals surface area contributed by atoms with Gasteiger partial charge in [-0.15, -0.1) is 0 Å². The fourth-order valence-corrected chi connectivity index (χ4v) is 3.73. The molecule has 0 spiro atoms. The predicted octanol–water partition coefficient (Wildman–Crippen LogP) is 3.68. The maximum atomic E-state index is 13.3. The van der Waals surface area contributed by atoms with Crippen LogP contribution < -0.4 is 5.32 Å². The van der Waals surface area contributed by atoms with Crippen LogP contribution in [0.3, 0.4) is 0 Å². The molecule has 132 valence electrons. The number of hydrogen-bond acceptors (Lipinski definition) is 5. The number of hydrogen-bond donors (Lipinski definition) is 1. The zero-order chi connectivity index (χ0) is 18.5. The minimum atomic E-state index is -1.40. The molecular formula is C18H12F2N2O3S. The molecule has 1 amide bonds. The highest BCUT2D eigenvalue weighted by atomic mass is 32.1. The monoisotopic (exact) mass is 374 g/mol. The van der Waals surface area contributed by atoms with Gasteiger partial charge in [-0.3, -0.25) is 10.1 Å². The summed E-state index contributed by atoms with van der Waals surface area (Å²) in [5.74, 6) is -3.12. The number of amides is 1. The molecule has 5 nitrogen and oxygen atoms in total. The van der Waals surface area contributed by atoms with E-state index in [0.717, 1.165) is 29.0 Å². The van der Waals surface area contributed by atoms with E-state index in [1.54, 1.807) is 24.3 Å². The van der Waals surface area contributed by atoms with Gasteiger partial charge >= 0.3 is 5.97 Å². The second kappa shape index (κ2) is 5.84. The maximum Gasteiger partial charge on any atom is 0.339 e. The van der Waals surface area contributed by atoms with Gasteiger partial charge in [-0.1, -0.05) is 29.5 Å². The average Bonchev–Trinajstić information content (AvgIpc) is 2.96. The van der Waals surface area contributed by atoms with Gasteiger partial charge in [0.2, 0.25) is 0 Å². The van der Waals surface area contributed by atoms with E-state index < -0.39 is 29.1 Å². The van der Waals surface area contributed by atoms with E-state index in [0.29, 0.717) is 10.3 Å². The van der Waals surface area contributed by atoms with E-state index >= 15 is 0 Å². The molecule has 1 aliphatic heterocycles. The molecule has 1 aliphatic rings. The third-order valence-electron chi connectivity index (χ3n) is 4.21. The topological polar surface area (TPSA) is 68.3 Å². The Bertz CT molecular complexity index is 1030. The van der Waals surface area contributed by atoms with Gasteiger partial charge in [0.15, 0.2) is 22.4 Å². The Morgan fingerprint density at radius 3 is 2.81 bits per heavy atom. The van der Waals surface area contributed by atoms with Gasteiger partial charge in [-0.2, -0.15) is 0 Å². The van der Waals surface area contributed by atoms with Crippen LogP contribution in [-0.2, 0) is 16.0 Å². The number of thiazole rings is 1. The first-order chi connectivity index (χ1) is 12.4. The van der Waals surface area contributed by atoms with E-state index in [9.17, 15) is 18.4 Å². The van der Waals surface area contributed by atoms with Crippen molar-refractivity contribution in [2.24, 2.45) is 0 Å². The molecule has 0 radical (unpaired) electrons. The van der Waals surface area contributed by atoms with E-state index in [2.05, 4.69) is 10.3 Å². The standard InChI is InChI=1S/C18H12F2N2O3S/c1-18(8-9-4-2-3-5-10(9)15(23)25-18)16(24)22-17-21-13-6-11(19)12(20)7-14(13)26-17/h2-7H,8H2,1H3,(H,21,22,24). The summed E-state index contributed by atoms with van der Waals surface area (Å²) in [4.78, 5) is 28.9. The molecule has 1 aromatic heterocycles. The summed E-state index contributed by atoms with van der Waals surface area (Å²) in [6.45, 7) is 1.52. The quantitative estimate of drug-likeness (QED) is 0.695. The Hall–Kier alpha value is -2.87. The SMILES string of the molecule is CC1(C(=O)Nc2nc3cc(F)c(F)cc3s2)Cc2ccccc2C(=O)O1. The zero-order valence-corrected chi connectivity index (χ0v) is 14.3. The molecule has 3 aromatic rings. The number of carbonyl (C=O) groups excluding carboxylic acids is 2. The third-order valence-corrected chi connectivity index (χ3v) is 5.15. The Morgan fingerprint density at radius 2 is 2.00 bits per heavy atom. The Balaban J connectivity index is 1.61. The molecular weight excluding hydrogens is 362 g/mol. The summed E-state index contributed by atoms with van der Waals surface area (Å²) in [5.41, 5.74) is -0.0151. The summed E-state index contributed by atoms with van der Waals surface area (Å²) >= 11 is 1.01. The highest BCUT2D eigenvalue weighted by Crippen LogP contribution is 2.32. The lowest BCUT2D eigenvalue weighted by Gasteiger charge is -2.32. The van der Waals surface area contributed by atoms with Crippen LogP contribution in [0.5, 0.6) is 0 Å². The summed E-state index contributed by atoms with van der Waals surface area (Å²) in [5, 5.41) is 2.75. The predicted molar refractivity (Wildman–Crippen MR) is 92.1 cm³/mol. The van der Waals surface area contributed by atoms with Crippen molar-refractivity contribution in [2.75, 3.05) is 5.32 Å². The summed E-state index contributed by atoms with van der Waals surface area (Å²) in [7, 11) is 0. The smallest absolute Gasteiger partial charge is 0.339 e. The van der Waals surface area contributed by atoms with Crippen LogP contribution in [0.25, 0.3) is 10.2 Å². The first-order valence-corrected chi connectivity index (χ1v) is 8.56. The minimum absolute atomic E-state index is 0.172. The molecule has 1 N–H and O–H groups in total. The number of cyclic esters (lactones) is 1. The van der Waals surface area contributed by atoms with Crippen molar-refractivity contribution in [1.82, 2.24) is 4.98 Å². The van der Waals surface area contributed by atoms with Crippen molar-refractivity contribution < 1.29 is 23.1 Å². The average molecular weight is 374 g/mol. The highest BCUT2D eigenvalue weighted by molar-refractivity contribution is 7.22. The largest absolute Gasteiger partial charge is 0.445 e. The van der Waals surface area contributed by atoms with Crippen LogP contribution in [0.2, 0.25) is 0 Å². The lowest BCUT2D eigenvalue weighted by molar-refractivity contribution is -0.134. The van der Waals surface area contributed by atoms with Gasteiger partial charge in [-0.05, 0) is 24.6 Å². The van der Waals surface area contributed by atoms with E-state index in [1.165, 1.54) is 6.92 Å². The fourth-order valence-electron chi connectivity index (χ4n) is 2.87. The van der Waals surface area contributed by atoms with Crippen molar-refractivity contribution in [2.45, 2.75) is 18.9 Å². The molecule has 4 rings (SSSR count). The molecule has 0 aliphatic carbocycles. The molecule has 8 heteroatoms. The van der Waals surface area contributed by atoms with E-state index in [4.69, 9.17) is 4.74 Å². The summed E-state index contributed by atoms with van der Waals surface area (Å²) in [6, 6.07) is 8.91. The van der Waals surface area contributed by atoms with Crippen molar-refractivity contribution in [3.63, 3.8) is 0 Å². The third kappa shape index (κ3) is 2.72. The normalized spacial score (nSPS) is 19.1. The van der Waals surface area contributed by atoms with Gasteiger partial charge < -0.3 is 4.74 Å². The number of esters is 1. The van der Waals surface area contributed by atoms with Crippen molar-refractivity contribution >= 4 is 38.6 Å². The summed E-state index contributed by atoms with van der Waals surface area (Å²) < 4.78 is 32.4. The van der Waals surface area contributed by atoms with Gasteiger partial charge in [-0.25, -0.2) is 18.6 Å². The van der Waals surface area contributed by atoms with Crippen molar-refractivity contribution in [3.05, 3.63) is 59.2 Å². The molecule has 0 bridgehead atoms. The van der Waals surface area contributed by atoms with Gasteiger partial charge in [0.1, 0.15) is 0 Å². The number of carbonyl (C=O) groups is 2. The first kappa shape index (κ1) is 16.6. The molecule has 0 saturated heterocycles. The Morgan fingerprint density at radius 1 is 1.27 bits per heavy atom. The van der Waals surface area contributed by atoms with Crippen LogP contribution in [0.1, 0.15) is 22.8 Å². The lowest BCUT2D eigenvalue weighted by atomic mass is 9.89. The number of benzene rings is 2. The fraction of sp³-hybridized carbons (Fsp3) is 0.167. The number of anilines is 1. The number of nitrogens with one attached hydrogen (secondary N) is 1. The van der Waals surface area contributed by atoms with Gasteiger partial charge in [0.25, 0.3) is 5.91 Å². The number of aromatic nitrogens is 1.